The lowest BCUT2D eigenvalue weighted by Gasteiger charge is -2.30. The van der Waals surface area contributed by atoms with Gasteiger partial charge in [0.1, 0.15) is 22.9 Å². The summed E-state index contributed by atoms with van der Waals surface area (Å²) in [7, 11) is 2.81. The maximum atomic E-state index is 12.6. The Balaban J connectivity index is 0.000000599. The average Bonchev–Trinajstić information content (AvgIpc) is 3.12. The summed E-state index contributed by atoms with van der Waals surface area (Å²) in [5.74, 6) is -3.01. The Morgan fingerprint density at radius 3 is 1.56 bits per heavy atom. The zero-order chi connectivity index (χ0) is 45.5. The summed E-state index contributed by atoms with van der Waals surface area (Å²) in [4.78, 5) is 89.0. The molecule has 23 heteroatoms. The predicted octanol–water partition coefficient (Wildman–Crippen LogP) is 2.95. The van der Waals surface area contributed by atoms with Crippen LogP contribution in [0.4, 0.5) is 9.59 Å². The quantitative estimate of drug-likeness (QED) is 0.0769. The molecule has 2 rings (SSSR count). The van der Waals surface area contributed by atoms with Gasteiger partial charge in [-0.2, -0.15) is 8.42 Å². The van der Waals surface area contributed by atoms with Crippen molar-refractivity contribution in [2.45, 2.75) is 103 Å². The molecule has 22 nitrogen and oxygen atoms in total. The van der Waals surface area contributed by atoms with E-state index in [-0.39, 0.29) is 42.7 Å². The normalized spacial score (nSPS) is 12.6. The SMILES string of the molecule is COC(=O)c1nc(C(CCCCO)N(C)C(=O)OC(C)(C)C)[nH]c(=O)c1O.COC(=O)c1nc(C(CCCCOS(C)(=O)=O)N(C)C(=O)OC(C)(C)C)[nH]c(=O)c1OC. The van der Waals surface area contributed by atoms with Crippen LogP contribution in [0, 0.1) is 0 Å². The minimum absolute atomic E-state index is 0.00417. The van der Waals surface area contributed by atoms with Gasteiger partial charge in [0, 0.05) is 20.7 Å². The number of aromatic amines is 2. The fourth-order valence-electron chi connectivity index (χ4n) is 4.99. The Bertz CT molecular complexity index is 1970. The monoisotopic (exact) mass is 862 g/mol. The number of unbranched alkanes of at least 4 members (excludes halogenated alkanes) is 2. The van der Waals surface area contributed by atoms with Gasteiger partial charge in [-0.15, -0.1) is 0 Å². The van der Waals surface area contributed by atoms with Crippen LogP contribution in [0.1, 0.15) is 125 Å². The molecule has 59 heavy (non-hydrogen) atoms. The Labute approximate surface area is 342 Å². The number of methoxy groups -OCH3 is 3. The number of rotatable bonds is 17. The highest BCUT2D eigenvalue weighted by Gasteiger charge is 2.32. The first-order valence-electron chi connectivity index (χ1n) is 18.3. The van der Waals surface area contributed by atoms with Crippen LogP contribution in [0.5, 0.6) is 11.5 Å². The van der Waals surface area contributed by atoms with E-state index in [9.17, 15) is 42.3 Å². The summed E-state index contributed by atoms with van der Waals surface area (Å²) in [5, 5.41) is 18.8. The first-order chi connectivity index (χ1) is 27.2. The first-order valence-corrected chi connectivity index (χ1v) is 20.1. The van der Waals surface area contributed by atoms with Gasteiger partial charge in [0.05, 0.1) is 46.3 Å². The summed E-state index contributed by atoms with van der Waals surface area (Å²) < 4.78 is 51.8. The molecule has 0 aromatic carbocycles. The number of ether oxygens (including phenoxy) is 5. The number of aliphatic hydroxyl groups excluding tert-OH is 1. The number of nitrogens with zero attached hydrogens (tertiary/aromatic N) is 4. The molecule has 2 atom stereocenters. The van der Waals surface area contributed by atoms with E-state index in [1.54, 1.807) is 41.5 Å². The summed E-state index contributed by atoms with van der Waals surface area (Å²) in [6.07, 6.45) is 2.00. The number of esters is 2. The maximum absolute atomic E-state index is 12.6. The van der Waals surface area contributed by atoms with E-state index in [0.717, 1.165) is 20.5 Å². The standard InChI is InChI=1S/C19H31N3O9S.C17H27N3O7/c1-19(2,3)31-18(25)22(4)12(10-8-9-11-30-32(7,26)27)15-20-13(17(24)29-6)14(28-5)16(23)21-15;1-17(2,3)27-16(25)20(4)10(8-6-7-9-21)13-18-11(15(24)26-5)12(22)14(23)19-13/h12H,8-11H2,1-7H3,(H,20,21,23);10,21-22H,6-9H2,1-5H3,(H,18,19,23). The van der Waals surface area contributed by atoms with Gasteiger partial charge in [-0.05, 0) is 80.1 Å². The van der Waals surface area contributed by atoms with Gasteiger partial charge in [0.25, 0.3) is 21.2 Å². The Kier molecular flexibility index (Phi) is 19.9. The van der Waals surface area contributed by atoms with Gasteiger partial charge in [-0.3, -0.25) is 13.8 Å². The summed E-state index contributed by atoms with van der Waals surface area (Å²) >= 11 is 0. The van der Waals surface area contributed by atoms with Gasteiger partial charge in [-0.25, -0.2) is 29.1 Å². The lowest BCUT2D eigenvalue weighted by Crippen LogP contribution is -2.38. The highest BCUT2D eigenvalue weighted by molar-refractivity contribution is 7.85. The van der Waals surface area contributed by atoms with Crippen molar-refractivity contribution in [3.63, 3.8) is 0 Å². The predicted molar refractivity (Wildman–Crippen MR) is 210 cm³/mol. The summed E-state index contributed by atoms with van der Waals surface area (Å²) in [6, 6.07) is -1.55. The zero-order valence-corrected chi connectivity index (χ0v) is 36.4. The molecule has 2 aromatic heterocycles. The Hall–Kier alpha value is -5.29. The largest absolute Gasteiger partial charge is 0.501 e. The number of carbonyl (C=O) groups is 4. The van der Waals surface area contributed by atoms with Crippen molar-refractivity contribution in [2.24, 2.45) is 0 Å². The maximum Gasteiger partial charge on any atom is 0.410 e. The Morgan fingerprint density at radius 2 is 1.15 bits per heavy atom. The molecule has 334 valence electrons. The zero-order valence-electron chi connectivity index (χ0n) is 35.6. The molecule has 0 fully saturated rings. The van der Waals surface area contributed by atoms with E-state index in [2.05, 4.69) is 29.4 Å². The Morgan fingerprint density at radius 1 is 0.729 bits per heavy atom. The van der Waals surface area contributed by atoms with Gasteiger partial charge in [0.2, 0.25) is 11.5 Å². The number of H-pyrrole nitrogens is 2. The molecular formula is C36H58N6O16S. The number of hydrogen-bond acceptors (Lipinski definition) is 18. The molecule has 0 spiro atoms. The van der Waals surface area contributed by atoms with Crippen LogP contribution in [-0.4, -0.2) is 139 Å². The number of aromatic nitrogens is 4. The molecule has 0 aliphatic rings. The van der Waals surface area contributed by atoms with Crippen LogP contribution in [0.15, 0.2) is 9.59 Å². The van der Waals surface area contributed by atoms with Crippen molar-refractivity contribution in [1.29, 1.82) is 0 Å². The molecule has 0 bridgehead atoms. The third kappa shape index (κ3) is 17.2. The number of carbonyl (C=O) groups excluding carboxylic acids is 4. The van der Waals surface area contributed by atoms with Crippen LogP contribution in [0.25, 0.3) is 0 Å². The molecule has 2 unspecified atom stereocenters. The molecule has 0 radical (unpaired) electrons. The van der Waals surface area contributed by atoms with Crippen LogP contribution >= 0.6 is 0 Å². The second-order valence-corrected chi connectivity index (χ2v) is 16.6. The lowest BCUT2D eigenvalue weighted by molar-refractivity contribution is 0.0190. The molecule has 0 saturated heterocycles. The van der Waals surface area contributed by atoms with E-state index >= 15 is 0 Å². The number of nitrogens with one attached hydrogen (secondary N) is 2. The van der Waals surface area contributed by atoms with Crippen molar-refractivity contribution < 1.29 is 65.7 Å². The fraction of sp³-hybridized carbons (Fsp3) is 0.667. The van der Waals surface area contributed by atoms with E-state index in [4.69, 9.17) is 23.5 Å². The molecule has 0 saturated carbocycles. The molecule has 2 aromatic rings. The van der Waals surface area contributed by atoms with E-state index < -0.39 is 80.1 Å². The van der Waals surface area contributed by atoms with Crippen LogP contribution in [0.2, 0.25) is 0 Å². The molecular weight excluding hydrogens is 804 g/mol. The first kappa shape index (κ1) is 51.7. The smallest absolute Gasteiger partial charge is 0.410 e. The average molecular weight is 863 g/mol. The van der Waals surface area contributed by atoms with Crippen LogP contribution < -0.4 is 15.9 Å². The third-order valence-corrected chi connectivity index (χ3v) is 8.35. The van der Waals surface area contributed by atoms with Crippen LogP contribution in [0.3, 0.4) is 0 Å². The highest BCUT2D eigenvalue weighted by Crippen LogP contribution is 2.27. The van der Waals surface area contributed by atoms with Crippen molar-refractivity contribution in [2.75, 3.05) is 54.9 Å². The van der Waals surface area contributed by atoms with Crippen molar-refractivity contribution in [1.82, 2.24) is 29.7 Å². The number of aromatic hydroxyl groups is 1. The number of aliphatic hydroxyl groups is 1. The molecule has 0 aliphatic carbocycles. The summed E-state index contributed by atoms with van der Waals surface area (Å²) in [5.41, 5.74) is -4.02. The van der Waals surface area contributed by atoms with Gasteiger partial charge in [0.15, 0.2) is 11.4 Å². The fourth-order valence-corrected chi connectivity index (χ4v) is 5.41. The van der Waals surface area contributed by atoms with Crippen molar-refractivity contribution >= 4 is 34.2 Å². The molecule has 0 aliphatic heterocycles. The number of hydrogen-bond donors (Lipinski definition) is 4. The van der Waals surface area contributed by atoms with Crippen LogP contribution in [-0.2, 0) is 33.2 Å². The van der Waals surface area contributed by atoms with E-state index in [1.807, 2.05) is 0 Å². The second-order valence-electron chi connectivity index (χ2n) is 14.9. The van der Waals surface area contributed by atoms with Crippen molar-refractivity contribution in [3.8, 4) is 11.5 Å². The van der Waals surface area contributed by atoms with Gasteiger partial charge >= 0.3 is 24.1 Å². The van der Waals surface area contributed by atoms with Crippen molar-refractivity contribution in [3.05, 3.63) is 43.7 Å². The van der Waals surface area contributed by atoms with E-state index in [1.165, 1.54) is 31.0 Å². The minimum Gasteiger partial charge on any atom is -0.501 e. The molecule has 2 amide bonds. The third-order valence-electron chi connectivity index (χ3n) is 7.75. The lowest BCUT2D eigenvalue weighted by atomic mass is 10.1. The van der Waals surface area contributed by atoms with E-state index in [0.29, 0.717) is 32.1 Å². The molecule has 4 N–H and O–H groups in total. The number of amides is 2. The summed E-state index contributed by atoms with van der Waals surface area (Å²) in [6.45, 7) is 10.2. The topological polar surface area (TPSA) is 296 Å². The molecule has 2 heterocycles. The highest BCUT2D eigenvalue weighted by atomic mass is 32.2. The second kappa shape index (κ2) is 22.8. The van der Waals surface area contributed by atoms with Gasteiger partial charge < -0.3 is 53.7 Å². The van der Waals surface area contributed by atoms with Gasteiger partial charge in [-0.1, -0.05) is 0 Å². The minimum atomic E-state index is -3.57.